The molecule has 1 saturated heterocycles. The molecule has 3 N–H and O–H groups in total. The molecule has 10 heteroatoms. The molecule has 1 aliphatic rings. The van der Waals surface area contributed by atoms with Crippen LogP contribution in [0.3, 0.4) is 0 Å². The normalized spacial score (nSPS) is 14.9. The van der Waals surface area contributed by atoms with E-state index in [1.807, 2.05) is 0 Å². The Hall–Kier alpha value is -1.97. The Bertz CT molecular complexity index is 735. The van der Waals surface area contributed by atoms with Gasteiger partial charge in [-0.1, -0.05) is 0 Å². The van der Waals surface area contributed by atoms with Gasteiger partial charge in [-0.3, -0.25) is 0 Å². The molecule has 2 aromatic rings. The van der Waals surface area contributed by atoms with Crippen LogP contribution in [0.1, 0.15) is 19.3 Å². The third-order valence-corrected chi connectivity index (χ3v) is 4.32. The quantitative estimate of drug-likeness (QED) is 0.628. The number of aromatic nitrogens is 4. The molecule has 136 valence electrons. The average Bonchev–Trinajstić information content (AvgIpc) is 2.62. The van der Waals surface area contributed by atoms with Gasteiger partial charge in [0.1, 0.15) is 5.52 Å². The highest BCUT2D eigenvalue weighted by Crippen LogP contribution is 2.31. The van der Waals surface area contributed by atoms with Crippen molar-refractivity contribution in [3.8, 4) is 5.88 Å². The van der Waals surface area contributed by atoms with Crippen LogP contribution >= 0.6 is 11.6 Å². The van der Waals surface area contributed by atoms with Crippen molar-refractivity contribution in [2.45, 2.75) is 19.3 Å². The van der Waals surface area contributed by atoms with E-state index in [0.29, 0.717) is 11.3 Å². The first-order chi connectivity index (χ1) is 12.1. The first kappa shape index (κ1) is 17.8. The van der Waals surface area contributed by atoms with Gasteiger partial charge in [0.05, 0.1) is 13.2 Å². The molecule has 3 heterocycles. The summed E-state index contributed by atoms with van der Waals surface area (Å²) in [4.78, 5) is 20.6. The third-order valence-electron chi connectivity index (χ3n) is 4.15. The summed E-state index contributed by atoms with van der Waals surface area (Å²) in [6.07, 6.45) is 3.27. The maximum absolute atomic E-state index is 10.3. The summed E-state index contributed by atoms with van der Waals surface area (Å²) in [6.45, 7) is 1.88. The Labute approximate surface area is 149 Å². The van der Waals surface area contributed by atoms with E-state index in [-0.39, 0.29) is 48.9 Å². The number of anilines is 2. The minimum Gasteiger partial charge on any atom is -0.492 e. The lowest BCUT2D eigenvalue weighted by Crippen LogP contribution is -2.32. The molecule has 0 aliphatic carbocycles. The molecule has 3 rings (SSSR count). The maximum atomic E-state index is 10.3. The van der Waals surface area contributed by atoms with Crippen molar-refractivity contribution in [3.63, 3.8) is 0 Å². The van der Waals surface area contributed by atoms with Gasteiger partial charge < -0.3 is 25.1 Å². The van der Waals surface area contributed by atoms with Gasteiger partial charge in [0.15, 0.2) is 11.3 Å². The molecule has 0 spiro atoms. The Balaban J connectivity index is 2.11. The zero-order valence-electron chi connectivity index (χ0n) is 13.8. The Kier molecular flexibility index (Phi) is 5.67. The standard InChI is InChI=1S/C15H21ClN6O3/c16-14-17-11-10(12(19-14)21-4-2-1-3-5-21)18-15(20-13(11)25)22(6-8-23)7-9-24/h23-24H,1-9H2,(H,18,20,25). The second kappa shape index (κ2) is 7.94. The first-order valence-electron chi connectivity index (χ1n) is 8.30. The van der Waals surface area contributed by atoms with Crippen LogP contribution in [-0.4, -0.2) is 74.6 Å². The van der Waals surface area contributed by atoms with Crippen molar-refractivity contribution in [2.75, 3.05) is 49.2 Å². The molecular weight excluding hydrogens is 348 g/mol. The summed E-state index contributed by atoms with van der Waals surface area (Å²) < 4.78 is 0. The summed E-state index contributed by atoms with van der Waals surface area (Å²) in [6, 6.07) is 0. The van der Waals surface area contributed by atoms with Crippen LogP contribution in [0.4, 0.5) is 11.8 Å². The van der Waals surface area contributed by atoms with E-state index in [1.165, 1.54) is 6.42 Å². The lowest BCUT2D eigenvalue weighted by molar-refractivity contribution is 0.280. The van der Waals surface area contributed by atoms with Crippen molar-refractivity contribution in [3.05, 3.63) is 5.28 Å². The van der Waals surface area contributed by atoms with E-state index in [1.54, 1.807) is 4.90 Å². The number of rotatable bonds is 6. The predicted octanol–water partition coefficient (Wildman–Crippen LogP) is 0.560. The Morgan fingerprint density at radius 3 is 2.24 bits per heavy atom. The number of halogens is 1. The molecule has 0 bridgehead atoms. The van der Waals surface area contributed by atoms with E-state index >= 15 is 0 Å². The highest BCUT2D eigenvalue weighted by atomic mass is 35.5. The van der Waals surface area contributed by atoms with Crippen LogP contribution in [0.2, 0.25) is 5.28 Å². The van der Waals surface area contributed by atoms with Crippen LogP contribution in [0.15, 0.2) is 0 Å². The molecule has 0 amide bonds. The SMILES string of the molecule is OCCN(CCO)c1nc(O)c2nc(Cl)nc(N3CCCCC3)c2n1. The molecular formula is C15H21ClN6O3. The second-order valence-electron chi connectivity index (χ2n) is 5.84. The van der Waals surface area contributed by atoms with Crippen molar-refractivity contribution in [1.82, 2.24) is 19.9 Å². The molecule has 1 aliphatic heterocycles. The third kappa shape index (κ3) is 3.83. The number of hydrogen-bond acceptors (Lipinski definition) is 9. The number of nitrogens with zero attached hydrogens (tertiary/aromatic N) is 6. The number of aliphatic hydroxyl groups excluding tert-OH is 2. The number of fused-ring (bicyclic) bond motifs is 1. The molecule has 0 aromatic carbocycles. The number of piperidine rings is 1. The first-order valence-corrected chi connectivity index (χ1v) is 8.67. The van der Waals surface area contributed by atoms with Gasteiger partial charge in [0.25, 0.3) is 0 Å². The summed E-state index contributed by atoms with van der Waals surface area (Å²) in [5.74, 6) is 0.474. The zero-order valence-corrected chi connectivity index (χ0v) is 14.5. The van der Waals surface area contributed by atoms with E-state index in [4.69, 9.17) is 11.6 Å². The topological polar surface area (TPSA) is 119 Å². The van der Waals surface area contributed by atoms with Crippen LogP contribution in [-0.2, 0) is 0 Å². The van der Waals surface area contributed by atoms with Gasteiger partial charge in [-0.25, -0.2) is 9.97 Å². The van der Waals surface area contributed by atoms with E-state index in [0.717, 1.165) is 25.9 Å². The molecule has 1 fully saturated rings. The highest BCUT2D eigenvalue weighted by Gasteiger charge is 2.22. The highest BCUT2D eigenvalue weighted by molar-refractivity contribution is 6.28. The second-order valence-corrected chi connectivity index (χ2v) is 6.18. The van der Waals surface area contributed by atoms with Crippen LogP contribution in [0.25, 0.3) is 11.0 Å². The fourth-order valence-electron chi connectivity index (χ4n) is 2.97. The van der Waals surface area contributed by atoms with Crippen LogP contribution < -0.4 is 9.80 Å². The largest absolute Gasteiger partial charge is 0.492 e. The van der Waals surface area contributed by atoms with Gasteiger partial charge in [-0.2, -0.15) is 9.97 Å². The molecule has 0 radical (unpaired) electrons. The van der Waals surface area contributed by atoms with Gasteiger partial charge in [-0.05, 0) is 30.9 Å². The van der Waals surface area contributed by atoms with Crippen molar-refractivity contribution in [2.24, 2.45) is 0 Å². The molecule has 0 atom stereocenters. The zero-order chi connectivity index (χ0) is 17.8. The Morgan fingerprint density at radius 1 is 0.920 bits per heavy atom. The summed E-state index contributed by atoms with van der Waals surface area (Å²) in [7, 11) is 0. The minimum absolute atomic E-state index is 0.0299. The van der Waals surface area contributed by atoms with Gasteiger partial charge in [0.2, 0.25) is 17.1 Å². The fraction of sp³-hybridized carbons (Fsp3) is 0.600. The summed E-state index contributed by atoms with van der Waals surface area (Å²) >= 11 is 6.02. The average molecular weight is 369 g/mol. The Morgan fingerprint density at radius 2 is 1.60 bits per heavy atom. The molecule has 0 saturated carbocycles. The lowest BCUT2D eigenvalue weighted by atomic mass is 10.1. The van der Waals surface area contributed by atoms with Crippen LogP contribution in [0, 0.1) is 0 Å². The summed E-state index contributed by atoms with van der Waals surface area (Å²) in [5.41, 5.74) is 0.604. The number of aliphatic hydroxyl groups is 2. The van der Waals surface area contributed by atoms with Crippen molar-refractivity contribution >= 4 is 34.4 Å². The predicted molar refractivity (Wildman–Crippen MR) is 94.3 cm³/mol. The molecule has 9 nitrogen and oxygen atoms in total. The minimum atomic E-state index is -0.302. The fourth-order valence-corrected chi connectivity index (χ4v) is 3.13. The van der Waals surface area contributed by atoms with Gasteiger partial charge >= 0.3 is 0 Å². The van der Waals surface area contributed by atoms with E-state index < -0.39 is 0 Å². The monoisotopic (exact) mass is 368 g/mol. The number of hydrogen-bond donors (Lipinski definition) is 3. The maximum Gasteiger partial charge on any atom is 0.243 e. The smallest absolute Gasteiger partial charge is 0.243 e. The van der Waals surface area contributed by atoms with Gasteiger partial charge in [0, 0.05) is 26.2 Å². The lowest BCUT2D eigenvalue weighted by Gasteiger charge is -2.28. The van der Waals surface area contributed by atoms with Crippen LogP contribution in [0.5, 0.6) is 5.88 Å². The van der Waals surface area contributed by atoms with Gasteiger partial charge in [-0.15, -0.1) is 0 Å². The number of aromatic hydroxyl groups is 1. The van der Waals surface area contributed by atoms with Crippen molar-refractivity contribution < 1.29 is 15.3 Å². The van der Waals surface area contributed by atoms with E-state index in [2.05, 4.69) is 24.8 Å². The van der Waals surface area contributed by atoms with E-state index in [9.17, 15) is 15.3 Å². The van der Waals surface area contributed by atoms with Crippen molar-refractivity contribution in [1.29, 1.82) is 0 Å². The summed E-state index contributed by atoms with van der Waals surface area (Å²) in [5, 5.41) is 28.8. The molecule has 0 unspecified atom stereocenters. The molecule has 25 heavy (non-hydrogen) atoms. The molecule has 2 aromatic heterocycles.